The van der Waals surface area contributed by atoms with Gasteiger partial charge in [-0.3, -0.25) is 0 Å². The molecule has 0 amide bonds. The maximum atomic E-state index is 8.73. The summed E-state index contributed by atoms with van der Waals surface area (Å²) in [4.78, 5) is 0. The van der Waals surface area contributed by atoms with Gasteiger partial charge in [-0.25, -0.2) is 0 Å². The number of hydrogen-bond donors (Lipinski definition) is 2. The summed E-state index contributed by atoms with van der Waals surface area (Å²) in [7, 11) is 3.47. The minimum atomic E-state index is -0.00293. The zero-order valence-corrected chi connectivity index (χ0v) is 9.12. The van der Waals surface area contributed by atoms with E-state index in [0.29, 0.717) is 18.0 Å². The lowest BCUT2D eigenvalue weighted by Crippen LogP contribution is -2.10. The van der Waals surface area contributed by atoms with E-state index in [0.717, 1.165) is 5.56 Å². The Hall–Kier alpha value is -1.26. The molecule has 2 N–H and O–H groups in total. The van der Waals surface area contributed by atoms with E-state index in [9.17, 15) is 0 Å². The van der Waals surface area contributed by atoms with Crippen LogP contribution in [-0.2, 0) is 6.54 Å². The van der Waals surface area contributed by atoms with Crippen LogP contribution >= 0.6 is 0 Å². The van der Waals surface area contributed by atoms with E-state index in [2.05, 4.69) is 5.32 Å². The highest BCUT2D eigenvalue weighted by atomic mass is 16.5. The summed E-state index contributed by atoms with van der Waals surface area (Å²) >= 11 is 0. The van der Waals surface area contributed by atoms with Crippen molar-refractivity contribution in [2.45, 2.75) is 6.54 Å². The Morgan fingerprint density at radius 3 is 2.80 bits per heavy atom. The lowest BCUT2D eigenvalue weighted by molar-refractivity contribution is 0.195. The van der Waals surface area contributed by atoms with Gasteiger partial charge in [0.1, 0.15) is 6.61 Å². The van der Waals surface area contributed by atoms with Gasteiger partial charge in [-0.05, 0) is 13.1 Å². The Morgan fingerprint density at radius 2 is 2.20 bits per heavy atom. The van der Waals surface area contributed by atoms with Crippen molar-refractivity contribution < 1.29 is 14.6 Å². The fourth-order valence-electron chi connectivity index (χ4n) is 1.36. The number of rotatable bonds is 6. The smallest absolute Gasteiger partial charge is 0.165 e. The predicted molar refractivity (Wildman–Crippen MR) is 58.3 cm³/mol. The minimum absolute atomic E-state index is 0.00293. The molecule has 0 heterocycles. The Kier molecular flexibility index (Phi) is 4.93. The Labute approximate surface area is 89.8 Å². The topological polar surface area (TPSA) is 50.7 Å². The molecule has 0 saturated carbocycles. The van der Waals surface area contributed by atoms with Crippen molar-refractivity contribution in [3.05, 3.63) is 23.8 Å². The first-order valence-electron chi connectivity index (χ1n) is 4.87. The molecule has 0 radical (unpaired) electrons. The molecule has 0 fully saturated rings. The third kappa shape index (κ3) is 3.11. The molecule has 1 rings (SSSR count). The zero-order valence-electron chi connectivity index (χ0n) is 9.12. The quantitative estimate of drug-likeness (QED) is 0.730. The van der Waals surface area contributed by atoms with Crippen molar-refractivity contribution >= 4 is 0 Å². The standard InChI is InChI=1S/C11H17NO3/c1-12-8-9-4-3-5-10(14-2)11(9)15-7-6-13/h3-5,12-13H,6-8H2,1-2H3. The molecule has 0 aliphatic rings. The summed E-state index contributed by atoms with van der Waals surface area (Å²) < 4.78 is 10.6. The molecular weight excluding hydrogens is 194 g/mol. The largest absolute Gasteiger partial charge is 0.493 e. The fraction of sp³-hybridized carbons (Fsp3) is 0.455. The summed E-state index contributed by atoms with van der Waals surface area (Å²) in [5, 5.41) is 11.8. The van der Waals surface area contributed by atoms with Crippen LogP contribution in [0, 0.1) is 0 Å². The second-order valence-electron chi connectivity index (χ2n) is 3.05. The summed E-state index contributed by atoms with van der Waals surface area (Å²) in [6, 6.07) is 5.72. The highest BCUT2D eigenvalue weighted by molar-refractivity contribution is 5.46. The number of benzene rings is 1. The molecular formula is C11H17NO3. The van der Waals surface area contributed by atoms with Gasteiger partial charge in [-0.15, -0.1) is 0 Å². The average Bonchev–Trinajstić information content (AvgIpc) is 2.27. The van der Waals surface area contributed by atoms with Gasteiger partial charge < -0.3 is 19.9 Å². The van der Waals surface area contributed by atoms with Gasteiger partial charge in [0.15, 0.2) is 11.5 Å². The monoisotopic (exact) mass is 211 g/mol. The van der Waals surface area contributed by atoms with Crippen LogP contribution in [0.25, 0.3) is 0 Å². The van der Waals surface area contributed by atoms with Crippen molar-refractivity contribution in [1.29, 1.82) is 0 Å². The summed E-state index contributed by atoms with van der Waals surface area (Å²) in [6.07, 6.45) is 0. The molecule has 0 aliphatic heterocycles. The molecule has 84 valence electrons. The molecule has 0 saturated heterocycles. The molecule has 1 aromatic rings. The third-order valence-electron chi connectivity index (χ3n) is 1.99. The van der Waals surface area contributed by atoms with Gasteiger partial charge in [-0.1, -0.05) is 12.1 Å². The van der Waals surface area contributed by atoms with Crippen LogP contribution in [-0.4, -0.2) is 32.5 Å². The van der Waals surface area contributed by atoms with E-state index in [1.807, 2.05) is 25.2 Å². The summed E-state index contributed by atoms with van der Waals surface area (Å²) in [5.74, 6) is 1.39. The van der Waals surface area contributed by atoms with Gasteiger partial charge in [0, 0.05) is 12.1 Å². The lowest BCUT2D eigenvalue weighted by Gasteiger charge is -2.14. The molecule has 0 aliphatic carbocycles. The van der Waals surface area contributed by atoms with E-state index in [1.54, 1.807) is 7.11 Å². The highest BCUT2D eigenvalue weighted by Gasteiger charge is 2.09. The van der Waals surface area contributed by atoms with E-state index < -0.39 is 0 Å². The number of aliphatic hydroxyl groups is 1. The SMILES string of the molecule is CNCc1cccc(OC)c1OCCO. The van der Waals surface area contributed by atoms with Crippen LogP contribution in [0.2, 0.25) is 0 Å². The van der Waals surface area contributed by atoms with E-state index in [-0.39, 0.29) is 13.2 Å². The van der Waals surface area contributed by atoms with Gasteiger partial charge >= 0.3 is 0 Å². The van der Waals surface area contributed by atoms with Crippen molar-refractivity contribution in [2.75, 3.05) is 27.4 Å². The Bertz CT molecular complexity index is 302. The second-order valence-corrected chi connectivity index (χ2v) is 3.05. The van der Waals surface area contributed by atoms with E-state index in [4.69, 9.17) is 14.6 Å². The number of aliphatic hydroxyl groups excluding tert-OH is 1. The fourth-order valence-corrected chi connectivity index (χ4v) is 1.36. The first-order valence-corrected chi connectivity index (χ1v) is 4.87. The number of nitrogens with one attached hydrogen (secondary N) is 1. The lowest BCUT2D eigenvalue weighted by atomic mass is 10.2. The third-order valence-corrected chi connectivity index (χ3v) is 1.99. The van der Waals surface area contributed by atoms with E-state index >= 15 is 0 Å². The molecule has 15 heavy (non-hydrogen) atoms. The molecule has 0 aromatic heterocycles. The minimum Gasteiger partial charge on any atom is -0.493 e. The van der Waals surface area contributed by atoms with Gasteiger partial charge in [-0.2, -0.15) is 0 Å². The second kappa shape index (κ2) is 6.27. The van der Waals surface area contributed by atoms with Crippen LogP contribution < -0.4 is 14.8 Å². The van der Waals surface area contributed by atoms with Gasteiger partial charge in [0.05, 0.1) is 13.7 Å². The molecule has 4 nitrogen and oxygen atoms in total. The van der Waals surface area contributed by atoms with Crippen LogP contribution in [0.4, 0.5) is 0 Å². The van der Waals surface area contributed by atoms with Crippen LogP contribution in [0.1, 0.15) is 5.56 Å². The summed E-state index contributed by atoms with van der Waals surface area (Å²) in [5.41, 5.74) is 1.02. The van der Waals surface area contributed by atoms with Crippen LogP contribution in [0.3, 0.4) is 0 Å². The normalized spacial score (nSPS) is 10.1. The van der Waals surface area contributed by atoms with Gasteiger partial charge in [0.2, 0.25) is 0 Å². The first kappa shape index (κ1) is 11.8. The zero-order chi connectivity index (χ0) is 11.1. The molecule has 0 spiro atoms. The number of para-hydroxylation sites is 1. The molecule has 0 unspecified atom stereocenters. The van der Waals surface area contributed by atoms with Crippen molar-refractivity contribution in [2.24, 2.45) is 0 Å². The maximum Gasteiger partial charge on any atom is 0.165 e. The maximum absolute atomic E-state index is 8.73. The highest BCUT2D eigenvalue weighted by Crippen LogP contribution is 2.30. The number of hydrogen-bond acceptors (Lipinski definition) is 4. The van der Waals surface area contributed by atoms with Gasteiger partial charge in [0.25, 0.3) is 0 Å². The summed E-state index contributed by atoms with van der Waals surface area (Å²) in [6.45, 7) is 0.978. The Morgan fingerprint density at radius 1 is 1.40 bits per heavy atom. The molecule has 0 bridgehead atoms. The van der Waals surface area contributed by atoms with Crippen LogP contribution in [0.15, 0.2) is 18.2 Å². The van der Waals surface area contributed by atoms with Crippen LogP contribution in [0.5, 0.6) is 11.5 Å². The first-order chi connectivity index (χ1) is 7.33. The number of methoxy groups -OCH3 is 1. The van der Waals surface area contributed by atoms with Crippen molar-refractivity contribution in [3.63, 3.8) is 0 Å². The Balaban J connectivity index is 2.92. The number of ether oxygens (including phenoxy) is 2. The van der Waals surface area contributed by atoms with Crippen molar-refractivity contribution in [1.82, 2.24) is 5.32 Å². The molecule has 1 aromatic carbocycles. The van der Waals surface area contributed by atoms with E-state index in [1.165, 1.54) is 0 Å². The predicted octanol–water partition coefficient (Wildman–Crippen LogP) is 0.786. The molecule has 0 atom stereocenters. The average molecular weight is 211 g/mol. The van der Waals surface area contributed by atoms with Crippen molar-refractivity contribution in [3.8, 4) is 11.5 Å². The molecule has 4 heteroatoms.